The van der Waals surface area contributed by atoms with Gasteiger partial charge >= 0.3 is 6.03 Å². The van der Waals surface area contributed by atoms with Crippen molar-refractivity contribution in [1.29, 1.82) is 0 Å². The maximum absolute atomic E-state index is 13.4. The van der Waals surface area contributed by atoms with E-state index in [4.69, 9.17) is 0 Å². The Labute approximate surface area is 193 Å². The van der Waals surface area contributed by atoms with Gasteiger partial charge in [-0.05, 0) is 67.7 Å². The molecule has 1 aliphatic rings. The first-order chi connectivity index (χ1) is 15.9. The smallest absolute Gasteiger partial charge is 0.318 e. The number of barbiturate groups is 1. The largest absolute Gasteiger partial charge is 0.335 e. The van der Waals surface area contributed by atoms with Gasteiger partial charge in [-0.3, -0.25) is 14.9 Å². The van der Waals surface area contributed by atoms with Crippen molar-refractivity contribution < 1.29 is 14.4 Å². The summed E-state index contributed by atoms with van der Waals surface area (Å²) in [5, 5.41) is 2.32. The normalized spacial score (nSPS) is 15.3. The molecule has 33 heavy (non-hydrogen) atoms. The van der Waals surface area contributed by atoms with E-state index in [0.717, 1.165) is 39.5 Å². The van der Waals surface area contributed by atoms with Gasteiger partial charge in [-0.15, -0.1) is 0 Å². The second-order valence-corrected chi connectivity index (χ2v) is 8.08. The SMILES string of the molecule is CCc1ccccc1N1C(=O)NC(=O)/C(=C/c2cc(C)n(-c3ccccc3CC)c2C)C1=O. The maximum Gasteiger partial charge on any atom is 0.335 e. The molecule has 0 saturated carbocycles. The van der Waals surface area contributed by atoms with Crippen LogP contribution in [0.1, 0.15) is 41.9 Å². The molecule has 4 rings (SSSR count). The van der Waals surface area contributed by atoms with Crippen molar-refractivity contribution >= 4 is 29.6 Å². The predicted molar refractivity (Wildman–Crippen MR) is 129 cm³/mol. The second-order valence-electron chi connectivity index (χ2n) is 8.08. The third-order valence-corrected chi connectivity index (χ3v) is 6.10. The summed E-state index contributed by atoms with van der Waals surface area (Å²) in [6.45, 7) is 8.03. The van der Waals surface area contributed by atoms with Crippen molar-refractivity contribution in [2.45, 2.75) is 40.5 Å². The topological polar surface area (TPSA) is 71.4 Å². The van der Waals surface area contributed by atoms with E-state index in [1.165, 1.54) is 5.56 Å². The number of anilines is 1. The Morgan fingerprint density at radius 2 is 1.42 bits per heavy atom. The van der Waals surface area contributed by atoms with Crippen LogP contribution in [-0.4, -0.2) is 22.4 Å². The van der Waals surface area contributed by atoms with Gasteiger partial charge in [0, 0.05) is 17.1 Å². The molecule has 1 aromatic heterocycles. The maximum atomic E-state index is 13.4. The van der Waals surface area contributed by atoms with Crippen LogP contribution in [0.15, 0.2) is 60.2 Å². The predicted octanol–water partition coefficient (Wildman–Crippen LogP) is 4.89. The van der Waals surface area contributed by atoms with E-state index in [-0.39, 0.29) is 5.57 Å². The average molecular weight is 442 g/mol. The number of nitrogens with zero attached hydrogens (tertiary/aromatic N) is 2. The summed E-state index contributed by atoms with van der Waals surface area (Å²) in [5.41, 5.74) is 6.23. The number of amides is 4. The fourth-order valence-electron chi connectivity index (χ4n) is 4.39. The summed E-state index contributed by atoms with van der Waals surface area (Å²) in [6, 6.07) is 16.6. The molecule has 1 N–H and O–H groups in total. The summed E-state index contributed by atoms with van der Waals surface area (Å²) in [6.07, 6.45) is 3.12. The third kappa shape index (κ3) is 3.89. The second kappa shape index (κ2) is 8.90. The Kier molecular flexibility index (Phi) is 6.01. The molecule has 6 heteroatoms. The number of hydrogen-bond donors (Lipinski definition) is 1. The lowest BCUT2D eigenvalue weighted by Gasteiger charge is -2.28. The Balaban J connectivity index is 1.80. The van der Waals surface area contributed by atoms with E-state index in [1.807, 2.05) is 51.1 Å². The number of nitrogens with one attached hydrogen (secondary N) is 1. The van der Waals surface area contributed by atoms with Crippen LogP contribution in [0.4, 0.5) is 10.5 Å². The number of carbonyl (C=O) groups excluding carboxylic acids is 3. The fraction of sp³-hybridized carbons (Fsp3) is 0.222. The zero-order valence-electron chi connectivity index (χ0n) is 19.3. The van der Waals surface area contributed by atoms with Crippen LogP contribution in [0, 0.1) is 13.8 Å². The van der Waals surface area contributed by atoms with E-state index in [9.17, 15) is 14.4 Å². The Bertz CT molecular complexity index is 1300. The highest BCUT2D eigenvalue weighted by Crippen LogP contribution is 2.28. The third-order valence-electron chi connectivity index (χ3n) is 6.10. The molecule has 0 aliphatic carbocycles. The van der Waals surface area contributed by atoms with Gasteiger partial charge in [-0.2, -0.15) is 0 Å². The van der Waals surface area contributed by atoms with Gasteiger partial charge < -0.3 is 4.57 Å². The molecule has 1 fully saturated rings. The molecule has 2 aromatic carbocycles. The summed E-state index contributed by atoms with van der Waals surface area (Å²) in [7, 11) is 0. The van der Waals surface area contributed by atoms with Gasteiger partial charge in [-0.25, -0.2) is 9.69 Å². The van der Waals surface area contributed by atoms with Crippen molar-refractivity contribution in [2.75, 3.05) is 4.90 Å². The first-order valence-corrected chi connectivity index (χ1v) is 11.1. The molecular weight excluding hydrogens is 414 g/mol. The Morgan fingerprint density at radius 1 is 0.848 bits per heavy atom. The minimum absolute atomic E-state index is 0.0652. The van der Waals surface area contributed by atoms with Gasteiger partial charge in [0.15, 0.2) is 0 Å². The fourth-order valence-corrected chi connectivity index (χ4v) is 4.39. The lowest BCUT2D eigenvalue weighted by atomic mass is 10.0. The number of urea groups is 1. The molecule has 0 bridgehead atoms. The summed E-state index contributed by atoms with van der Waals surface area (Å²) < 4.78 is 2.13. The molecule has 168 valence electrons. The van der Waals surface area contributed by atoms with Crippen LogP contribution in [-0.2, 0) is 22.4 Å². The van der Waals surface area contributed by atoms with Gasteiger partial charge in [0.25, 0.3) is 11.8 Å². The molecule has 4 amide bonds. The van der Waals surface area contributed by atoms with E-state index in [2.05, 4.69) is 28.9 Å². The quantitative estimate of drug-likeness (QED) is 0.453. The van der Waals surface area contributed by atoms with Crippen LogP contribution in [0.25, 0.3) is 11.8 Å². The number of benzene rings is 2. The van der Waals surface area contributed by atoms with Crippen LogP contribution in [0.3, 0.4) is 0 Å². The number of rotatable bonds is 5. The monoisotopic (exact) mass is 441 g/mol. The van der Waals surface area contributed by atoms with E-state index in [0.29, 0.717) is 12.1 Å². The van der Waals surface area contributed by atoms with Crippen LogP contribution < -0.4 is 10.2 Å². The van der Waals surface area contributed by atoms with Crippen molar-refractivity contribution in [3.8, 4) is 5.69 Å². The Morgan fingerprint density at radius 3 is 2.06 bits per heavy atom. The molecule has 0 spiro atoms. The van der Waals surface area contributed by atoms with Gasteiger partial charge in [0.1, 0.15) is 5.57 Å². The molecule has 0 atom stereocenters. The molecule has 6 nitrogen and oxygen atoms in total. The standard InChI is InChI=1S/C27H27N3O3/c1-5-19-11-7-9-13-23(19)29-17(3)15-21(18(29)4)16-22-25(31)28-27(33)30(26(22)32)24-14-10-8-12-20(24)6-2/h7-16H,5-6H2,1-4H3,(H,28,31,33)/b22-16-. The van der Waals surface area contributed by atoms with Gasteiger partial charge in [0.2, 0.25) is 0 Å². The lowest BCUT2D eigenvalue weighted by molar-refractivity contribution is -0.122. The number of hydrogen-bond acceptors (Lipinski definition) is 3. The average Bonchev–Trinajstić information content (AvgIpc) is 3.09. The van der Waals surface area contributed by atoms with E-state index in [1.54, 1.807) is 18.2 Å². The molecule has 0 unspecified atom stereocenters. The van der Waals surface area contributed by atoms with Crippen molar-refractivity contribution in [1.82, 2.24) is 9.88 Å². The molecule has 1 aliphatic heterocycles. The highest BCUT2D eigenvalue weighted by molar-refractivity contribution is 6.39. The number of aromatic nitrogens is 1. The van der Waals surface area contributed by atoms with Crippen LogP contribution >= 0.6 is 0 Å². The van der Waals surface area contributed by atoms with Gasteiger partial charge in [-0.1, -0.05) is 50.2 Å². The van der Waals surface area contributed by atoms with E-state index >= 15 is 0 Å². The highest BCUT2D eigenvalue weighted by atomic mass is 16.2. The van der Waals surface area contributed by atoms with Crippen LogP contribution in [0.5, 0.6) is 0 Å². The number of para-hydroxylation sites is 2. The summed E-state index contributed by atoms with van der Waals surface area (Å²) >= 11 is 0. The number of carbonyl (C=O) groups is 3. The zero-order valence-corrected chi connectivity index (χ0v) is 19.3. The number of aryl methyl sites for hydroxylation is 3. The minimum Gasteiger partial charge on any atom is -0.318 e. The molecule has 1 saturated heterocycles. The van der Waals surface area contributed by atoms with Crippen LogP contribution in [0.2, 0.25) is 0 Å². The first kappa shape index (κ1) is 22.3. The van der Waals surface area contributed by atoms with Crippen molar-refractivity contribution in [3.05, 3.63) is 88.2 Å². The molecular formula is C27H27N3O3. The van der Waals surface area contributed by atoms with Gasteiger partial charge in [0.05, 0.1) is 5.69 Å². The van der Waals surface area contributed by atoms with Crippen molar-refractivity contribution in [2.24, 2.45) is 0 Å². The minimum atomic E-state index is -0.731. The summed E-state index contributed by atoms with van der Waals surface area (Å²) in [5.74, 6) is -1.31. The van der Waals surface area contributed by atoms with Crippen molar-refractivity contribution in [3.63, 3.8) is 0 Å². The zero-order chi connectivity index (χ0) is 23.7. The first-order valence-electron chi connectivity index (χ1n) is 11.1. The molecule has 3 aromatic rings. The summed E-state index contributed by atoms with van der Waals surface area (Å²) in [4.78, 5) is 39.7. The molecule has 2 heterocycles. The molecule has 0 radical (unpaired) electrons. The Hall–Kier alpha value is -3.93. The highest BCUT2D eigenvalue weighted by Gasteiger charge is 2.37. The lowest BCUT2D eigenvalue weighted by Crippen LogP contribution is -2.54. The van der Waals surface area contributed by atoms with E-state index < -0.39 is 17.8 Å². The number of imide groups is 2.